The molecule has 0 bridgehead atoms. The molecule has 1 fully saturated rings. The number of para-hydroxylation sites is 1. The zero-order valence-electron chi connectivity index (χ0n) is 14.0. The zero-order chi connectivity index (χ0) is 17.6. The van der Waals surface area contributed by atoms with E-state index in [0.29, 0.717) is 11.3 Å². The van der Waals surface area contributed by atoms with Crippen LogP contribution in [0.3, 0.4) is 0 Å². The third kappa shape index (κ3) is 4.70. The average molecular weight is 336 g/mol. The molecular formula is C20H20N2O3. The summed E-state index contributed by atoms with van der Waals surface area (Å²) in [6.45, 7) is 0. The molecule has 0 spiro atoms. The molecule has 1 aliphatic rings. The largest absolute Gasteiger partial charge is 0.497 e. The molecule has 3 rings (SSSR count). The van der Waals surface area contributed by atoms with Gasteiger partial charge >= 0.3 is 0 Å². The summed E-state index contributed by atoms with van der Waals surface area (Å²) in [5.74, 6) is 0.273. The molecule has 2 amide bonds. The molecular weight excluding hydrogens is 316 g/mol. The fraction of sp³-hybridized carbons (Fsp3) is 0.200. The van der Waals surface area contributed by atoms with Gasteiger partial charge in [-0.05, 0) is 48.7 Å². The quantitative estimate of drug-likeness (QED) is 0.796. The van der Waals surface area contributed by atoms with Crippen LogP contribution in [0.1, 0.15) is 28.8 Å². The van der Waals surface area contributed by atoms with Crippen molar-refractivity contribution in [2.24, 2.45) is 0 Å². The Balaban J connectivity index is 1.68. The van der Waals surface area contributed by atoms with Gasteiger partial charge in [-0.25, -0.2) is 0 Å². The summed E-state index contributed by atoms with van der Waals surface area (Å²) in [7, 11) is 1.60. The molecule has 0 saturated heterocycles. The Bertz CT molecular complexity index is 810. The van der Waals surface area contributed by atoms with E-state index in [2.05, 4.69) is 10.6 Å². The molecule has 0 unspecified atom stereocenters. The molecule has 0 radical (unpaired) electrons. The molecule has 25 heavy (non-hydrogen) atoms. The second kappa shape index (κ2) is 7.66. The van der Waals surface area contributed by atoms with Gasteiger partial charge in [-0.3, -0.25) is 9.59 Å². The van der Waals surface area contributed by atoms with E-state index in [1.807, 2.05) is 24.3 Å². The zero-order valence-corrected chi connectivity index (χ0v) is 14.0. The normalized spacial score (nSPS) is 13.5. The standard InChI is InChI=1S/C20H20N2O3/c1-25-16-6-4-5-14(13-16)9-12-19(23)22-18-8-3-2-7-17(18)20(24)21-15-10-11-15/h2-9,12-13,15H,10-11H2,1H3,(H,21,24)(H,22,23)/b12-9+. The molecule has 5 heteroatoms. The number of carbonyl (C=O) groups excluding carboxylic acids is 2. The van der Waals surface area contributed by atoms with E-state index in [9.17, 15) is 9.59 Å². The fourth-order valence-electron chi connectivity index (χ4n) is 2.37. The smallest absolute Gasteiger partial charge is 0.253 e. The summed E-state index contributed by atoms with van der Waals surface area (Å²) in [5.41, 5.74) is 1.83. The lowest BCUT2D eigenvalue weighted by molar-refractivity contribution is -0.111. The number of nitrogens with one attached hydrogen (secondary N) is 2. The first-order chi connectivity index (χ1) is 12.2. The molecule has 2 aromatic rings. The number of carbonyl (C=O) groups is 2. The van der Waals surface area contributed by atoms with Crippen LogP contribution in [0.25, 0.3) is 6.08 Å². The summed E-state index contributed by atoms with van der Waals surface area (Å²) in [5, 5.41) is 5.70. The van der Waals surface area contributed by atoms with Crippen LogP contribution in [0.4, 0.5) is 5.69 Å². The topological polar surface area (TPSA) is 67.4 Å². The van der Waals surface area contributed by atoms with Crippen LogP contribution in [0.2, 0.25) is 0 Å². The maximum absolute atomic E-state index is 12.3. The first-order valence-electron chi connectivity index (χ1n) is 8.19. The van der Waals surface area contributed by atoms with Crippen molar-refractivity contribution in [2.75, 3.05) is 12.4 Å². The van der Waals surface area contributed by atoms with Gasteiger partial charge in [0.15, 0.2) is 0 Å². The lowest BCUT2D eigenvalue weighted by Gasteiger charge is -2.10. The Morgan fingerprint density at radius 1 is 1.12 bits per heavy atom. The van der Waals surface area contributed by atoms with E-state index in [-0.39, 0.29) is 17.9 Å². The minimum atomic E-state index is -0.297. The Morgan fingerprint density at radius 2 is 1.92 bits per heavy atom. The highest BCUT2D eigenvalue weighted by Crippen LogP contribution is 2.21. The number of hydrogen-bond acceptors (Lipinski definition) is 3. The van der Waals surface area contributed by atoms with Gasteiger partial charge in [0.25, 0.3) is 5.91 Å². The van der Waals surface area contributed by atoms with Gasteiger partial charge in [-0.2, -0.15) is 0 Å². The van der Waals surface area contributed by atoms with Crippen LogP contribution in [0, 0.1) is 0 Å². The Labute approximate surface area is 146 Å². The molecule has 0 aliphatic heterocycles. The Hall–Kier alpha value is -3.08. The van der Waals surface area contributed by atoms with Crippen molar-refractivity contribution in [3.8, 4) is 5.75 Å². The van der Waals surface area contributed by atoms with Crippen molar-refractivity contribution < 1.29 is 14.3 Å². The molecule has 2 N–H and O–H groups in total. The highest BCUT2D eigenvalue weighted by Gasteiger charge is 2.24. The van der Waals surface area contributed by atoms with Crippen molar-refractivity contribution in [3.63, 3.8) is 0 Å². The van der Waals surface area contributed by atoms with E-state index in [1.54, 1.807) is 37.5 Å². The molecule has 128 valence electrons. The molecule has 5 nitrogen and oxygen atoms in total. The maximum atomic E-state index is 12.3. The second-order valence-corrected chi connectivity index (χ2v) is 5.89. The molecule has 1 saturated carbocycles. The van der Waals surface area contributed by atoms with E-state index in [0.717, 1.165) is 24.2 Å². The molecule has 0 atom stereocenters. The lowest BCUT2D eigenvalue weighted by Crippen LogP contribution is -2.26. The third-order valence-corrected chi connectivity index (χ3v) is 3.86. The van der Waals surface area contributed by atoms with Crippen LogP contribution < -0.4 is 15.4 Å². The van der Waals surface area contributed by atoms with Crippen molar-refractivity contribution in [3.05, 3.63) is 65.7 Å². The average Bonchev–Trinajstić information content (AvgIpc) is 3.44. The highest BCUT2D eigenvalue weighted by molar-refractivity contribution is 6.07. The molecule has 1 aliphatic carbocycles. The summed E-state index contributed by atoms with van der Waals surface area (Å²) < 4.78 is 5.16. The predicted octanol–water partition coefficient (Wildman–Crippen LogP) is 3.24. The summed E-state index contributed by atoms with van der Waals surface area (Å²) in [6, 6.07) is 14.7. The minimum absolute atomic E-state index is 0.157. The van der Waals surface area contributed by atoms with Crippen molar-refractivity contribution in [1.29, 1.82) is 0 Å². The second-order valence-electron chi connectivity index (χ2n) is 5.89. The summed E-state index contributed by atoms with van der Waals surface area (Å²) >= 11 is 0. The van der Waals surface area contributed by atoms with Gasteiger partial charge in [-0.1, -0.05) is 24.3 Å². The van der Waals surface area contributed by atoms with Crippen molar-refractivity contribution in [1.82, 2.24) is 5.32 Å². The lowest BCUT2D eigenvalue weighted by atomic mass is 10.1. The SMILES string of the molecule is COc1cccc(/C=C/C(=O)Nc2ccccc2C(=O)NC2CC2)c1. The monoisotopic (exact) mass is 336 g/mol. The molecule has 2 aromatic carbocycles. The van der Waals surface area contributed by atoms with Crippen LogP contribution in [0.5, 0.6) is 5.75 Å². The van der Waals surface area contributed by atoms with Gasteiger partial charge < -0.3 is 15.4 Å². The maximum Gasteiger partial charge on any atom is 0.253 e. The number of anilines is 1. The number of benzene rings is 2. The van der Waals surface area contributed by atoms with Gasteiger partial charge in [0.05, 0.1) is 18.4 Å². The van der Waals surface area contributed by atoms with Crippen LogP contribution >= 0.6 is 0 Å². The number of ether oxygens (including phenoxy) is 1. The molecule has 0 heterocycles. The van der Waals surface area contributed by atoms with Gasteiger partial charge in [0, 0.05) is 12.1 Å². The minimum Gasteiger partial charge on any atom is -0.497 e. The van der Waals surface area contributed by atoms with Gasteiger partial charge in [-0.15, -0.1) is 0 Å². The Morgan fingerprint density at radius 3 is 2.68 bits per heavy atom. The predicted molar refractivity (Wildman–Crippen MR) is 97.6 cm³/mol. The van der Waals surface area contributed by atoms with Gasteiger partial charge in [0.1, 0.15) is 5.75 Å². The van der Waals surface area contributed by atoms with E-state index < -0.39 is 0 Å². The number of rotatable bonds is 6. The first-order valence-corrected chi connectivity index (χ1v) is 8.19. The van der Waals surface area contributed by atoms with E-state index >= 15 is 0 Å². The summed E-state index contributed by atoms with van der Waals surface area (Å²) in [6.07, 6.45) is 5.17. The number of amides is 2. The van der Waals surface area contributed by atoms with Crippen LogP contribution in [-0.4, -0.2) is 25.0 Å². The number of methoxy groups -OCH3 is 1. The molecule has 0 aromatic heterocycles. The number of hydrogen-bond donors (Lipinski definition) is 2. The highest BCUT2D eigenvalue weighted by atomic mass is 16.5. The van der Waals surface area contributed by atoms with E-state index in [1.165, 1.54) is 6.08 Å². The van der Waals surface area contributed by atoms with Gasteiger partial charge in [0.2, 0.25) is 5.91 Å². The van der Waals surface area contributed by atoms with Crippen LogP contribution in [0.15, 0.2) is 54.6 Å². The van der Waals surface area contributed by atoms with Crippen molar-refractivity contribution in [2.45, 2.75) is 18.9 Å². The van der Waals surface area contributed by atoms with Crippen LogP contribution in [-0.2, 0) is 4.79 Å². The summed E-state index contributed by atoms with van der Waals surface area (Å²) in [4.78, 5) is 24.4. The first kappa shape index (κ1) is 16.8. The Kier molecular flexibility index (Phi) is 5.14. The van der Waals surface area contributed by atoms with Crippen molar-refractivity contribution >= 4 is 23.6 Å². The van der Waals surface area contributed by atoms with E-state index in [4.69, 9.17) is 4.74 Å². The fourth-order valence-corrected chi connectivity index (χ4v) is 2.37. The third-order valence-electron chi connectivity index (χ3n) is 3.86.